The van der Waals surface area contributed by atoms with Gasteiger partial charge in [0, 0.05) is 23.1 Å². The first-order valence-corrected chi connectivity index (χ1v) is 8.16. The van der Waals surface area contributed by atoms with Crippen molar-refractivity contribution in [3.63, 3.8) is 0 Å². The van der Waals surface area contributed by atoms with Gasteiger partial charge in [0.05, 0.1) is 17.9 Å². The monoisotopic (exact) mass is 353 g/mol. The number of carbonyl (C=O) groups is 1. The van der Waals surface area contributed by atoms with Gasteiger partial charge in [0.2, 0.25) is 5.95 Å². The third kappa shape index (κ3) is 3.95. The van der Waals surface area contributed by atoms with Gasteiger partial charge in [0.1, 0.15) is 0 Å². The zero-order valence-electron chi connectivity index (χ0n) is 13.6. The lowest BCUT2D eigenvalue weighted by atomic mass is 10.2. The number of carbonyl (C=O) groups excluding carboxylic acids is 1. The normalized spacial score (nSPS) is 10.3. The largest absolute Gasteiger partial charge is 0.462 e. The van der Waals surface area contributed by atoms with E-state index < -0.39 is 5.97 Å². The van der Waals surface area contributed by atoms with Crippen molar-refractivity contribution in [2.75, 3.05) is 11.5 Å². The summed E-state index contributed by atoms with van der Waals surface area (Å²) >= 11 is 6.14. The van der Waals surface area contributed by atoms with Gasteiger partial charge in [-0.1, -0.05) is 35.9 Å². The highest BCUT2D eigenvalue weighted by Gasteiger charge is 2.16. The van der Waals surface area contributed by atoms with E-state index in [1.165, 1.54) is 12.4 Å². The summed E-state index contributed by atoms with van der Waals surface area (Å²) in [4.78, 5) is 22.3. The predicted molar refractivity (Wildman–Crippen MR) is 97.7 cm³/mol. The molecule has 126 valence electrons. The van der Waals surface area contributed by atoms with Crippen molar-refractivity contribution in [2.24, 2.45) is 0 Å². The number of nitrogens with zero attached hydrogens (tertiary/aromatic N) is 3. The lowest BCUT2D eigenvalue weighted by Crippen LogP contribution is -2.14. The average molecular weight is 354 g/mol. The maximum atomic E-state index is 11.8. The van der Waals surface area contributed by atoms with Crippen LogP contribution in [-0.4, -0.2) is 22.5 Å². The van der Waals surface area contributed by atoms with Crippen LogP contribution in [0.2, 0.25) is 5.02 Å². The Bertz CT molecular complexity index is 854. The molecule has 0 saturated heterocycles. The van der Waals surface area contributed by atoms with Crippen LogP contribution in [-0.2, 0) is 4.74 Å². The molecule has 0 N–H and O–H groups in total. The van der Waals surface area contributed by atoms with E-state index in [-0.39, 0.29) is 0 Å². The zero-order valence-corrected chi connectivity index (χ0v) is 14.3. The van der Waals surface area contributed by atoms with Gasteiger partial charge in [0.15, 0.2) is 0 Å². The van der Waals surface area contributed by atoms with Crippen LogP contribution in [0.1, 0.15) is 17.3 Å². The Hall–Kier alpha value is -2.92. The zero-order chi connectivity index (χ0) is 17.6. The quantitative estimate of drug-likeness (QED) is 0.618. The number of benzene rings is 2. The molecule has 0 bridgehead atoms. The Morgan fingerprint density at radius 1 is 1.04 bits per heavy atom. The Kier molecular flexibility index (Phi) is 5.26. The van der Waals surface area contributed by atoms with E-state index in [9.17, 15) is 4.79 Å². The molecule has 0 aliphatic carbocycles. The number of rotatable bonds is 5. The molecule has 3 aromatic rings. The fourth-order valence-electron chi connectivity index (χ4n) is 2.33. The van der Waals surface area contributed by atoms with E-state index in [1.807, 2.05) is 53.4 Å². The molecule has 1 heterocycles. The summed E-state index contributed by atoms with van der Waals surface area (Å²) in [6, 6.07) is 17.1. The van der Waals surface area contributed by atoms with E-state index in [2.05, 4.69) is 9.97 Å². The molecule has 5 nitrogen and oxygen atoms in total. The van der Waals surface area contributed by atoms with Crippen molar-refractivity contribution >= 4 is 34.9 Å². The second-order valence-corrected chi connectivity index (χ2v) is 5.58. The summed E-state index contributed by atoms with van der Waals surface area (Å²) < 4.78 is 4.96. The standard InChI is InChI=1S/C19H16ClN3O2/c1-2-25-18(24)14-12-21-19(22-13-14)23(16-8-4-3-5-9-16)17-10-6-7-15(20)11-17/h3-13H,2H2,1H3. The smallest absolute Gasteiger partial charge is 0.341 e. The molecule has 0 aliphatic rings. The molecule has 0 atom stereocenters. The summed E-state index contributed by atoms with van der Waals surface area (Å²) in [6.07, 6.45) is 2.92. The topological polar surface area (TPSA) is 55.3 Å². The van der Waals surface area contributed by atoms with Gasteiger partial charge < -0.3 is 4.74 Å². The highest BCUT2D eigenvalue weighted by atomic mass is 35.5. The molecule has 6 heteroatoms. The fourth-order valence-corrected chi connectivity index (χ4v) is 2.51. The van der Waals surface area contributed by atoms with Gasteiger partial charge in [-0.2, -0.15) is 0 Å². The fraction of sp³-hybridized carbons (Fsp3) is 0.105. The molecule has 0 radical (unpaired) electrons. The van der Waals surface area contributed by atoms with Crippen molar-refractivity contribution in [1.29, 1.82) is 0 Å². The van der Waals surface area contributed by atoms with Crippen LogP contribution in [0.5, 0.6) is 0 Å². The molecule has 0 aliphatic heterocycles. The molecule has 0 unspecified atom stereocenters. The summed E-state index contributed by atoms with van der Waals surface area (Å²) in [5.41, 5.74) is 2.01. The van der Waals surface area contributed by atoms with Gasteiger partial charge in [-0.25, -0.2) is 14.8 Å². The van der Waals surface area contributed by atoms with Crippen molar-refractivity contribution in [3.05, 3.63) is 77.6 Å². The number of hydrogen-bond donors (Lipinski definition) is 0. The molecular weight excluding hydrogens is 338 g/mol. The molecule has 3 rings (SSSR count). The highest BCUT2D eigenvalue weighted by Crippen LogP contribution is 2.32. The highest BCUT2D eigenvalue weighted by molar-refractivity contribution is 6.30. The summed E-state index contributed by atoms with van der Waals surface area (Å²) in [5, 5.41) is 0.613. The second kappa shape index (κ2) is 7.77. The first kappa shape index (κ1) is 16.9. The van der Waals surface area contributed by atoms with Crippen LogP contribution in [0.15, 0.2) is 67.0 Å². The Morgan fingerprint density at radius 2 is 1.72 bits per heavy atom. The Labute approximate surface area is 150 Å². The molecule has 0 spiro atoms. The minimum absolute atomic E-state index is 0.305. The first-order chi connectivity index (χ1) is 12.2. The van der Waals surface area contributed by atoms with Crippen molar-refractivity contribution < 1.29 is 9.53 Å². The van der Waals surface area contributed by atoms with Gasteiger partial charge in [0.25, 0.3) is 0 Å². The molecule has 0 amide bonds. The number of para-hydroxylation sites is 1. The first-order valence-electron chi connectivity index (χ1n) is 7.79. The molecule has 0 fully saturated rings. The van der Waals surface area contributed by atoms with Crippen molar-refractivity contribution in [2.45, 2.75) is 6.92 Å². The summed E-state index contributed by atoms with van der Waals surface area (Å²) in [7, 11) is 0. The number of halogens is 1. The minimum Gasteiger partial charge on any atom is -0.462 e. The SMILES string of the molecule is CCOC(=O)c1cnc(N(c2ccccc2)c2cccc(Cl)c2)nc1. The van der Waals surface area contributed by atoms with Crippen LogP contribution in [0.25, 0.3) is 0 Å². The number of anilines is 3. The van der Waals surface area contributed by atoms with E-state index >= 15 is 0 Å². The number of hydrogen-bond acceptors (Lipinski definition) is 5. The molecule has 25 heavy (non-hydrogen) atoms. The van der Waals surface area contributed by atoms with Crippen LogP contribution in [0, 0.1) is 0 Å². The van der Waals surface area contributed by atoms with Crippen molar-refractivity contribution in [3.8, 4) is 0 Å². The average Bonchev–Trinajstić information content (AvgIpc) is 2.64. The maximum absolute atomic E-state index is 11.8. The summed E-state index contributed by atoms with van der Waals surface area (Å²) in [6.45, 7) is 2.06. The van der Waals surface area contributed by atoms with E-state index in [0.717, 1.165) is 11.4 Å². The van der Waals surface area contributed by atoms with E-state index in [0.29, 0.717) is 23.1 Å². The third-order valence-corrected chi connectivity index (χ3v) is 3.67. The van der Waals surface area contributed by atoms with Crippen LogP contribution in [0.3, 0.4) is 0 Å². The third-order valence-electron chi connectivity index (χ3n) is 3.43. The summed E-state index contributed by atoms with van der Waals surface area (Å²) in [5.74, 6) is -0.00965. The number of aromatic nitrogens is 2. The van der Waals surface area contributed by atoms with Crippen molar-refractivity contribution in [1.82, 2.24) is 9.97 Å². The molecular formula is C19H16ClN3O2. The van der Waals surface area contributed by atoms with Gasteiger partial charge in [-0.15, -0.1) is 0 Å². The van der Waals surface area contributed by atoms with Crippen LogP contribution in [0.4, 0.5) is 17.3 Å². The van der Waals surface area contributed by atoms with Gasteiger partial charge in [-0.3, -0.25) is 4.90 Å². The lowest BCUT2D eigenvalue weighted by Gasteiger charge is -2.23. The molecule has 0 saturated carbocycles. The Morgan fingerprint density at radius 3 is 2.36 bits per heavy atom. The number of ether oxygens (including phenoxy) is 1. The van der Waals surface area contributed by atoms with Crippen LogP contribution >= 0.6 is 11.6 Å². The minimum atomic E-state index is -0.442. The second-order valence-electron chi connectivity index (χ2n) is 5.14. The van der Waals surface area contributed by atoms with E-state index in [1.54, 1.807) is 13.0 Å². The number of esters is 1. The van der Waals surface area contributed by atoms with E-state index in [4.69, 9.17) is 16.3 Å². The Balaban J connectivity index is 2.02. The molecule has 2 aromatic carbocycles. The van der Waals surface area contributed by atoms with Crippen LogP contribution < -0.4 is 4.90 Å². The maximum Gasteiger partial charge on any atom is 0.341 e. The predicted octanol–water partition coefficient (Wildman–Crippen LogP) is 4.78. The van der Waals surface area contributed by atoms with Gasteiger partial charge >= 0.3 is 5.97 Å². The van der Waals surface area contributed by atoms with Gasteiger partial charge in [-0.05, 0) is 37.3 Å². The molecule has 1 aromatic heterocycles. The lowest BCUT2D eigenvalue weighted by molar-refractivity contribution is 0.0525.